The van der Waals surface area contributed by atoms with Crippen LogP contribution in [-0.4, -0.2) is 23.5 Å². The van der Waals surface area contributed by atoms with Gasteiger partial charge in [-0.3, -0.25) is 4.79 Å². The lowest BCUT2D eigenvalue weighted by atomic mass is 10.1. The minimum Gasteiger partial charge on any atom is -0.475 e. The van der Waals surface area contributed by atoms with Crippen LogP contribution in [0.3, 0.4) is 0 Å². The lowest BCUT2D eigenvalue weighted by molar-refractivity contribution is 0.0659. The number of carboxylic acids is 1. The summed E-state index contributed by atoms with van der Waals surface area (Å²) in [6, 6.07) is 10.6. The van der Waals surface area contributed by atoms with E-state index in [1.54, 1.807) is 0 Å². The molecule has 0 aliphatic carbocycles. The summed E-state index contributed by atoms with van der Waals surface area (Å²) in [6.07, 6.45) is 0.708. The van der Waals surface area contributed by atoms with Crippen molar-refractivity contribution in [3.05, 3.63) is 59.0 Å². The van der Waals surface area contributed by atoms with Crippen molar-refractivity contribution in [2.75, 3.05) is 6.54 Å². The number of aromatic carboxylic acids is 1. The number of hydrogen-bond acceptors (Lipinski definition) is 3. The van der Waals surface area contributed by atoms with Crippen LogP contribution in [0.15, 0.2) is 40.8 Å². The Hall–Kier alpha value is -2.56. The third-order valence-corrected chi connectivity index (χ3v) is 2.82. The first-order chi connectivity index (χ1) is 9.56. The number of furan rings is 1. The Bertz CT molecular complexity index is 630. The van der Waals surface area contributed by atoms with Crippen molar-refractivity contribution in [1.82, 2.24) is 5.32 Å². The fourth-order valence-electron chi connectivity index (χ4n) is 1.85. The van der Waals surface area contributed by atoms with E-state index in [4.69, 9.17) is 9.52 Å². The van der Waals surface area contributed by atoms with Crippen LogP contribution in [0.1, 0.15) is 32.2 Å². The van der Waals surface area contributed by atoms with Crippen LogP contribution in [0.5, 0.6) is 0 Å². The summed E-state index contributed by atoms with van der Waals surface area (Å²) < 4.78 is 4.92. The van der Waals surface area contributed by atoms with Gasteiger partial charge >= 0.3 is 5.97 Å². The number of amides is 1. The molecule has 0 unspecified atom stereocenters. The van der Waals surface area contributed by atoms with Crippen molar-refractivity contribution in [2.45, 2.75) is 13.3 Å². The molecular weight excluding hydrogens is 258 g/mol. The molecule has 0 aliphatic rings. The van der Waals surface area contributed by atoms with Crippen LogP contribution >= 0.6 is 0 Å². The van der Waals surface area contributed by atoms with Gasteiger partial charge in [0.1, 0.15) is 0 Å². The number of aryl methyl sites for hydroxylation is 1. The van der Waals surface area contributed by atoms with Crippen LogP contribution in [0, 0.1) is 6.92 Å². The SMILES string of the molecule is Cc1cccc(CCNC(=O)c2ccc(C(=O)O)o2)c1. The largest absolute Gasteiger partial charge is 0.475 e. The molecule has 0 saturated carbocycles. The van der Waals surface area contributed by atoms with Crippen LogP contribution in [-0.2, 0) is 6.42 Å². The van der Waals surface area contributed by atoms with E-state index in [0.29, 0.717) is 13.0 Å². The quantitative estimate of drug-likeness (QED) is 0.875. The van der Waals surface area contributed by atoms with Gasteiger partial charge in [0.25, 0.3) is 5.91 Å². The monoisotopic (exact) mass is 273 g/mol. The maximum atomic E-state index is 11.7. The minimum atomic E-state index is -1.19. The predicted octanol–water partition coefficient (Wildman–Crippen LogP) is 2.26. The lowest BCUT2D eigenvalue weighted by Crippen LogP contribution is -2.25. The third kappa shape index (κ3) is 3.47. The molecule has 0 aliphatic heterocycles. The summed E-state index contributed by atoms with van der Waals surface area (Å²) in [5, 5.41) is 11.4. The normalized spacial score (nSPS) is 10.2. The van der Waals surface area contributed by atoms with Gasteiger partial charge in [-0.25, -0.2) is 4.79 Å². The second-order valence-electron chi connectivity index (χ2n) is 4.46. The van der Waals surface area contributed by atoms with Gasteiger partial charge in [-0.05, 0) is 31.0 Å². The molecule has 1 amide bonds. The zero-order chi connectivity index (χ0) is 14.5. The number of carboxylic acid groups (broad SMARTS) is 1. The molecule has 0 saturated heterocycles. The molecule has 2 rings (SSSR count). The molecule has 1 heterocycles. The standard InChI is InChI=1S/C15H15NO4/c1-10-3-2-4-11(9-10)7-8-16-14(17)12-5-6-13(20-12)15(18)19/h2-6,9H,7-8H2,1H3,(H,16,17)(H,18,19). The number of carbonyl (C=O) groups is 2. The number of hydrogen-bond donors (Lipinski definition) is 2. The van der Waals surface area contributed by atoms with Crippen molar-refractivity contribution in [3.63, 3.8) is 0 Å². The topological polar surface area (TPSA) is 79.5 Å². The molecule has 0 fully saturated rings. The summed E-state index contributed by atoms with van der Waals surface area (Å²) in [7, 11) is 0. The van der Waals surface area contributed by atoms with E-state index in [1.807, 2.05) is 25.1 Å². The van der Waals surface area contributed by atoms with E-state index in [2.05, 4.69) is 11.4 Å². The number of rotatable bonds is 5. The lowest BCUT2D eigenvalue weighted by Gasteiger charge is -2.04. The fraction of sp³-hybridized carbons (Fsp3) is 0.200. The van der Waals surface area contributed by atoms with Crippen LogP contribution < -0.4 is 5.32 Å². The predicted molar refractivity (Wildman–Crippen MR) is 72.9 cm³/mol. The first-order valence-electron chi connectivity index (χ1n) is 6.23. The number of benzene rings is 1. The van der Waals surface area contributed by atoms with Gasteiger partial charge in [0.05, 0.1) is 0 Å². The highest BCUT2D eigenvalue weighted by Gasteiger charge is 2.14. The summed E-state index contributed by atoms with van der Waals surface area (Å²) >= 11 is 0. The molecule has 0 bridgehead atoms. The molecule has 0 spiro atoms. The average molecular weight is 273 g/mol. The van der Waals surface area contributed by atoms with Gasteiger partial charge in [0, 0.05) is 6.54 Å². The van der Waals surface area contributed by atoms with E-state index in [-0.39, 0.29) is 11.5 Å². The minimum absolute atomic E-state index is 0.00615. The Morgan fingerprint density at radius 3 is 2.60 bits per heavy atom. The fourth-order valence-corrected chi connectivity index (χ4v) is 1.85. The Morgan fingerprint density at radius 2 is 1.95 bits per heavy atom. The first-order valence-corrected chi connectivity index (χ1v) is 6.23. The Labute approximate surface area is 116 Å². The smallest absolute Gasteiger partial charge is 0.371 e. The van der Waals surface area contributed by atoms with Crippen molar-refractivity contribution in [2.24, 2.45) is 0 Å². The third-order valence-electron chi connectivity index (χ3n) is 2.82. The molecule has 1 aromatic carbocycles. The highest BCUT2D eigenvalue weighted by atomic mass is 16.4. The molecule has 2 aromatic rings. The van der Waals surface area contributed by atoms with Gasteiger partial charge in [-0.15, -0.1) is 0 Å². The molecule has 1 aromatic heterocycles. The first kappa shape index (κ1) is 13.9. The number of carbonyl (C=O) groups excluding carboxylic acids is 1. The molecule has 20 heavy (non-hydrogen) atoms. The summed E-state index contributed by atoms with van der Waals surface area (Å²) in [5.74, 6) is -1.84. The van der Waals surface area contributed by atoms with Crippen molar-refractivity contribution in [1.29, 1.82) is 0 Å². The zero-order valence-electron chi connectivity index (χ0n) is 11.1. The Morgan fingerprint density at radius 1 is 1.20 bits per heavy atom. The van der Waals surface area contributed by atoms with Gasteiger partial charge in [0.2, 0.25) is 5.76 Å². The molecular formula is C15H15NO4. The molecule has 5 nitrogen and oxygen atoms in total. The molecule has 2 N–H and O–H groups in total. The van der Waals surface area contributed by atoms with Crippen LogP contribution in [0.2, 0.25) is 0 Å². The molecule has 0 radical (unpaired) electrons. The maximum Gasteiger partial charge on any atom is 0.371 e. The van der Waals surface area contributed by atoms with E-state index < -0.39 is 11.9 Å². The second kappa shape index (κ2) is 6.06. The van der Waals surface area contributed by atoms with Crippen LogP contribution in [0.25, 0.3) is 0 Å². The Balaban J connectivity index is 1.87. The average Bonchev–Trinajstić information content (AvgIpc) is 2.88. The highest BCUT2D eigenvalue weighted by Crippen LogP contribution is 2.08. The Kier molecular flexibility index (Phi) is 4.20. The van der Waals surface area contributed by atoms with Gasteiger partial charge < -0.3 is 14.8 Å². The second-order valence-corrected chi connectivity index (χ2v) is 4.46. The highest BCUT2D eigenvalue weighted by molar-refractivity contribution is 5.93. The summed E-state index contributed by atoms with van der Waals surface area (Å²) in [4.78, 5) is 22.4. The van der Waals surface area contributed by atoms with Gasteiger partial charge in [-0.2, -0.15) is 0 Å². The van der Waals surface area contributed by atoms with E-state index in [0.717, 1.165) is 5.56 Å². The van der Waals surface area contributed by atoms with Gasteiger partial charge in [-0.1, -0.05) is 29.8 Å². The maximum absolute atomic E-state index is 11.7. The van der Waals surface area contributed by atoms with Crippen molar-refractivity contribution in [3.8, 4) is 0 Å². The summed E-state index contributed by atoms with van der Waals surface area (Å²) in [5.41, 5.74) is 2.31. The van der Waals surface area contributed by atoms with E-state index in [1.165, 1.54) is 17.7 Å². The van der Waals surface area contributed by atoms with Crippen molar-refractivity contribution < 1.29 is 19.1 Å². The van der Waals surface area contributed by atoms with E-state index >= 15 is 0 Å². The molecule has 0 atom stereocenters. The van der Waals surface area contributed by atoms with Crippen molar-refractivity contribution >= 4 is 11.9 Å². The van der Waals surface area contributed by atoms with E-state index in [9.17, 15) is 9.59 Å². The number of nitrogens with one attached hydrogen (secondary N) is 1. The van der Waals surface area contributed by atoms with Crippen LogP contribution in [0.4, 0.5) is 0 Å². The molecule has 104 valence electrons. The zero-order valence-corrected chi connectivity index (χ0v) is 11.1. The summed E-state index contributed by atoms with van der Waals surface area (Å²) in [6.45, 7) is 2.48. The van der Waals surface area contributed by atoms with Gasteiger partial charge in [0.15, 0.2) is 5.76 Å². The molecule has 5 heteroatoms.